The summed E-state index contributed by atoms with van der Waals surface area (Å²) in [4.78, 5) is 12.4. The number of hydrogen-bond donors (Lipinski definition) is 0. The molecule has 0 atom stereocenters. The first-order chi connectivity index (χ1) is 7.66. The summed E-state index contributed by atoms with van der Waals surface area (Å²) in [5.74, 6) is -0.481. The molecule has 0 spiro atoms. The highest BCUT2D eigenvalue weighted by Crippen LogP contribution is 2.18. The van der Waals surface area contributed by atoms with Crippen LogP contribution in [0.1, 0.15) is 15.2 Å². The van der Waals surface area contributed by atoms with Gasteiger partial charge < -0.3 is 0 Å². The molecule has 1 nitrogen and oxygen atoms in total. The van der Waals surface area contributed by atoms with E-state index in [4.69, 9.17) is 11.6 Å². The van der Waals surface area contributed by atoms with Crippen LogP contribution in [0.5, 0.6) is 0 Å². The fourth-order valence-corrected chi connectivity index (χ4v) is 2.24. The molecule has 1 aromatic carbocycles. The second-order valence-corrected chi connectivity index (χ2v) is 4.70. The molecule has 0 aliphatic carbocycles. The van der Waals surface area contributed by atoms with Crippen LogP contribution in [-0.2, 0) is 6.42 Å². The van der Waals surface area contributed by atoms with Crippen LogP contribution in [0.4, 0.5) is 4.39 Å². The predicted molar refractivity (Wildman–Crippen MR) is 63.8 cm³/mol. The van der Waals surface area contributed by atoms with Gasteiger partial charge in [0.05, 0.1) is 4.88 Å². The normalized spacial score (nSPS) is 10.4. The van der Waals surface area contributed by atoms with Crippen LogP contribution in [0.15, 0.2) is 35.7 Å². The molecule has 0 amide bonds. The summed E-state index contributed by atoms with van der Waals surface area (Å²) in [6.07, 6.45) is 0.0485. The lowest BCUT2D eigenvalue weighted by molar-refractivity contribution is 0.0995. The van der Waals surface area contributed by atoms with E-state index in [0.29, 0.717) is 15.5 Å². The van der Waals surface area contributed by atoms with Gasteiger partial charge in [0.2, 0.25) is 0 Å². The standard InChI is InChI=1S/C12H8ClFOS/c13-9-3-4-10(14)8(6-9)7-11(15)12-2-1-5-16-12/h1-6H,7H2. The first-order valence-electron chi connectivity index (χ1n) is 4.67. The Morgan fingerprint density at radius 3 is 2.88 bits per heavy atom. The molecule has 2 aromatic rings. The lowest BCUT2D eigenvalue weighted by atomic mass is 10.1. The van der Waals surface area contributed by atoms with Gasteiger partial charge in [0.1, 0.15) is 5.82 Å². The highest BCUT2D eigenvalue weighted by Gasteiger charge is 2.11. The molecule has 16 heavy (non-hydrogen) atoms. The number of carbonyl (C=O) groups is 1. The van der Waals surface area contributed by atoms with Gasteiger partial charge >= 0.3 is 0 Å². The number of ketones is 1. The van der Waals surface area contributed by atoms with Gasteiger partial charge in [0, 0.05) is 11.4 Å². The number of halogens is 2. The summed E-state index contributed by atoms with van der Waals surface area (Å²) in [5.41, 5.74) is 0.339. The van der Waals surface area contributed by atoms with Crippen molar-refractivity contribution < 1.29 is 9.18 Å². The third-order valence-electron chi connectivity index (χ3n) is 2.15. The van der Waals surface area contributed by atoms with Crippen molar-refractivity contribution in [3.8, 4) is 0 Å². The van der Waals surface area contributed by atoms with E-state index >= 15 is 0 Å². The molecule has 0 saturated heterocycles. The van der Waals surface area contributed by atoms with Crippen LogP contribution in [0.3, 0.4) is 0 Å². The molecule has 82 valence electrons. The Morgan fingerprint density at radius 2 is 2.19 bits per heavy atom. The third-order valence-corrected chi connectivity index (χ3v) is 3.30. The number of hydrogen-bond acceptors (Lipinski definition) is 2. The number of benzene rings is 1. The minimum atomic E-state index is -0.394. The Balaban J connectivity index is 2.21. The van der Waals surface area contributed by atoms with Crippen LogP contribution in [0.25, 0.3) is 0 Å². The Hall–Kier alpha value is -1.19. The first-order valence-corrected chi connectivity index (χ1v) is 5.93. The first kappa shape index (κ1) is 11.3. The van der Waals surface area contributed by atoms with Crippen molar-refractivity contribution in [1.29, 1.82) is 0 Å². The molecule has 0 N–H and O–H groups in total. The van der Waals surface area contributed by atoms with Crippen molar-refractivity contribution in [2.24, 2.45) is 0 Å². The Bertz CT molecular complexity index is 508. The van der Waals surface area contributed by atoms with E-state index in [1.165, 1.54) is 29.5 Å². The molecule has 0 radical (unpaired) electrons. The lowest BCUT2D eigenvalue weighted by Gasteiger charge is -2.02. The number of Topliss-reactive ketones (excluding diaryl/α,β-unsaturated/α-hetero) is 1. The molecule has 1 heterocycles. The Morgan fingerprint density at radius 1 is 1.38 bits per heavy atom. The molecule has 0 fully saturated rings. The second kappa shape index (κ2) is 4.76. The summed E-state index contributed by atoms with van der Waals surface area (Å²) in [6.45, 7) is 0. The van der Waals surface area contributed by atoms with E-state index in [1.807, 2.05) is 5.38 Å². The molecule has 0 bridgehead atoms. The minimum Gasteiger partial charge on any atom is -0.293 e. The summed E-state index contributed by atoms with van der Waals surface area (Å²) in [5, 5.41) is 2.26. The van der Waals surface area contributed by atoms with E-state index in [9.17, 15) is 9.18 Å². The van der Waals surface area contributed by atoms with Gasteiger partial charge in [-0.25, -0.2) is 4.39 Å². The third kappa shape index (κ3) is 2.49. The molecular formula is C12H8ClFOS. The van der Waals surface area contributed by atoms with Crippen LogP contribution < -0.4 is 0 Å². The summed E-state index contributed by atoms with van der Waals surface area (Å²) in [6, 6.07) is 7.76. The lowest BCUT2D eigenvalue weighted by Crippen LogP contribution is -2.03. The largest absolute Gasteiger partial charge is 0.293 e. The number of rotatable bonds is 3. The van der Waals surface area contributed by atoms with Crippen LogP contribution in [-0.4, -0.2) is 5.78 Å². The maximum absolute atomic E-state index is 13.4. The van der Waals surface area contributed by atoms with Crippen LogP contribution in [0.2, 0.25) is 5.02 Å². The average molecular weight is 255 g/mol. The maximum Gasteiger partial charge on any atom is 0.177 e. The summed E-state index contributed by atoms with van der Waals surface area (Å²) in [7, 11) is 0. The van der Waals surface area contributed by atoms with Crippen molar-refractivity contribution in [2.45, 2.75) is 6.42 Å². The van der Waals surface area contributed by atoms with Crippen molar-refractivity contribution in [2.75, 3.05) is 0 Å². The van der Waals surface area contributed by atoms with Gasteiger partial charge in [-0.2, -0.15) is 0 Å². The molecule has 2 rings (SSSR count). The van der Waals surface area contributed by atoms with Gasteiger partial charge in [-0.1, -0.05) is 17.7 Å². The fraction of sp³-hybridized carbons (Fsp3) is 0.0833. The van der Waals surface area contributed by atoms with E-state index in [1.54, 1.807) is 12.1 Å². The molecule has 0 aliphatic rings. The summed E-state index contributed by atoms with van der Waals surface area (Å²) < 4.78 is 13.4. The molecule has 0 unspecified atom stereocenters. The topological polar surface area (TPSA) is 17.1 Å². The quantitative estimate of drug-likeness (QED) is 0.758. The average Bonchev–Trinajstić information content (AvgIpc) is 2.76. The van der Waals surface area contributed by atoms with Crippen LogP contribution in [0, 0.1) is 5.82 Å². The van der Waals surface area contributed by atoms with Crippen LogP contribution >= 0.6 is 22.9 Å². The Labute approximate surface area is 101 Å². The van der Waals surface area contributed by atoms with E-state index < -0.39 is 5.82 Å². The van der Waals surface area contributed by atoms with Gasteiger partial charge in [0.25, 0.3) is 0 Å². The fourth-order valence-electron chi connectivity index (χ4n) is 1.38. The number of carbonyl (C=O) groups excluding carboxylic acids is 1. The number of thiophene rings is 1. The summed E-state index contributed by atoms with van der Waals surface area (Å²) >= 11 is 7.11. The predicted octanol–water partition coefficient (Wildman–Crippen LogP) is 3.97. The van der Waals surface area contributed by atoms with E-state index in [-0.39, 0.29) is 12.2 Å². The SMILES string of the molecule is O=C(Cc1cc(Cl)ccc1F)c1cccs1. The molecule has 0 aliphatic heterocycles. The van der Waals surface area contributed by atoms with Gasteiger partial charge in [-0.15, -0.1) is 11.3 Å². The Kier molecular flexibility index (Phi) is 3.36. The highest BCUT2D eigenvalue weighted by atomic mass is 35.5. The molecule has 1 aromatic heterocycles. The molecular weight excluding hydrogens is 247 g/mol. The van der Waals surface area contributed by atoms with Gasteiger partial charge in [0.15, 0.2) is 5.78 Å². The van der Waals surface area contributed by atoms with Crippen molar-refractivity contribution in [1.82, 2.24) is 0 Å². The molecule has 4 heteroatoms. The van der Waals surface area contributed by atoms with E-state index in [2.05, 4.69) is 0 Å². The zero-order valence-corrected chi connectivity index (χ0v) is 9.82. The van der Waals surface area contributed by atoms with Crippen molar-refractivity contribution in [3.05, 3.63) is 57.0 Å². The zero-order chi connectivity index (χ0) is 11.5. The maximum atomic E-state index is 13.4. The van der Waals surface area contributed by atoms with Gasteiger partial charge in [-0.3, -0.25) is 4.79 Å². The minimum absolute atomic E-state index is 0.0485. The van der Waals surface area contributed by atoms with Crippen molar-refractivity contribution >= 4 is 28.7 Å². The smallest absolute Gasteiger partial charge is 0.177 e. The van der Waals surface area contributed by atoms with Gasteiger partial charge in [-0.05, 0) is 35.2 Å². The van der Waals surface area contributed by atoms with E-state index in [0.717, 1.165) is 0 Å². The molecule has 0 saturated carbocycles. The zero-order valence-electron chi connectivity index (χ0n) is 8.24. The highest BCUT2D eigenvalue weighted by molar-refractivity contribution is 7.12. The van der Waals surface area contributed by atoms with Crippen molar-refractivity contribution in [3.63, 3.8) is 0 Å². The second-order valence-electron chi connectivity index (χ2n) is 3.31. The monoisotopic (exact) mass is 254 g/mol.